The summed E-state index contributed by atoms with van der Waals surface area (Å²) in [6.45, 7) is 3.53. The second kappa shape index (κ2) is 4.44. The molecule has 0 radical (unpaired) electrons. The van der Waals surface area contributed by atoms with Gasteiger partial charge in [-0.1, -0.05) is 0 Å². The maximum absolute atomic E-state index is 12.1. The van der Waals surface area contributed by atoms with E-state index < -0.39 is 10.0 Å². The van der Waals surface area contributed by atoms with E-state index in [1.54, 1.807) is 6.07 Å². The van der Waals surface area contributed by atoms with Crippen molar-refractivity contribution in [3.05, 3.63) is 18.5 Å². The fourth-order valence-corrected chi connectivity index (χ4v) is 3.02. The summed E-state index contributed by atoms with van der Waals surface area (Å²) in [6.07, 6.45) is 2.87. The van der Waals surface area contributed by atoms with Crippen molar-refractivity contribution in [2.45, 2.75) is 18.1 Å². The van der Waals surface area contributed by atoms with Gasteiger partial charge in [0.05, 0.1) is 0 Å². The van der Waals surface area contributed by atoms with Crippen LogP contribution in [0.25, 0.3) is 0 Å². The van der Waals surface area contributed by atoms with Crippen LogP contribution in [0.4, 0.5) is 0 Å². The van der Waals surface area contributed by atoms with Gasteiger partial charge in [-0.25, -0.2) is 18.4 Å². The largest absolute Gasteiger partial charge is 0.312 e. The first-order valence-corrected chi connectivity index (χ1v) is 6.55. The summed E-state index contributed by atoms with van der Waals surface area (Å²) in [5.41, 5.74) is 0. The molecule has 0 amide bonds. The second-order valence-electron chi connectivity index (χ2n) is 3.75. The molecule has 6 nitrogen and oxygen atoms in total. The average molecular weight is 242 g/mol. The van der Waals surface area contributed by atoms with Crippen LogP contribution >= 0.6 is 0 Å². The van der Waals surface area contributed by atoms with Crippen molar-refractivity contribution in [3.63, 3.8) is 0 Å². The van der Waals surface area contributed by atoms with E-state index in [9.17, 15) is 8.42 Å². The van der Waals surface area contributed by atoms with Gasteiger partial charge in [0.1, 0.15) is 0 Å². The zero-order valence-corrected chi connectivity index (χ0v) is 9.81. The van der Waals surface area contributed by atoms with Crippen molar-refractivity contribution in [2.24, 2.45) is 0 Å². The Labute approximate surface area is 94.8 Å². The molecule has 1 saturated heterocycles. The Morgan fingerprint density at radius 2 is 2.12 bits per heavy atom. The van der Waals surface area contributed by atoms with Crippen molar-refractivity contribution >= 4 is 10.0 Å². The molecule has 1 aliphatic heterocycles. The summed E-state index contributed by atoms with van der Waals surface area (Å²) in [7, 11) is -3.52. The van der Waals surface area contributed by atoms with E-state index in [1.165, 1.54) is 16.7 Å². The van der Waals surface area contributed by atoms with Crippen LogP contribution in [0, 0.1) is 0 Å². The van der Waals surface area contributed by atoms with E-state index in [1.807, 2.05) is 6.92 Å². The Hall–Kier alpha value is -1.05. The van der Waals surface area contributed by atoms with Crippen LogP contribution in [0.1, 0.15) is 6.92 Å². The number of rotatable bonds is 2. The number of nitrogens with one attached hydrogen (secondary N) is 1. The minimum atomic E-state index is -3.52. The van der Waals surface area contributed by atoms with Crippen LogP contribution in [0.2, 0.25) is 0 Å². The Morgan fingerprint density at radius 1 is 1.44 bits per heavy atom. The minimum Gasteiger partial charge on any atom is -0.312 e. The zero-order valence-electron chi connectivity index (χ0n) is 9.00. The van der Waals surface area contributed by atoms with E-state index in [-0.39, 0.29) is 11.2 Å². The van der Waals surface area contributed by atoms with Gasteiger partial charge in [-0.2, -0.15) is 4.31 Å². The fraction of sp³-hybridized carbons (Fsp3) is 0.556. The molecule has 0 spiro atoms. The van der Waals surface area contributed by atoms with Gasteiger partial charge in [-0.05, 0) is 13.0 Å². The van der Waals surface area contributed by atoms with E-state index in [4.69, 9.17) is 0 Å². The van der Waals surface area contributed by atoms with E-state index in [2.05, 4.69) is 15.3 Å². The van der Waals surface area contributed by atoms with Crippen LogP contribution in [0.15, 0.2) is 23.6 Å². The quantitative estimate of drug-likeness (QED) is 0.705. The summed E-state index contributed by atoms with van der Waals surface area (Å²) in [5, 5.41) is 3.07. The van der Waals surface area contributed by atoms with Crippen molar-refractivity contribution in [1.82, 2.24) is 19.6 Å². The Morgan fingerprint density at radius 3 is 2.75 bits per heavy atom. The van der Waals surface area contributed by atoms with Crippen LogP contribution < -0.4 is 5.32 Å². The minimum absolute atomic E-state index is 0.121. The van der Waals surface area contributed by atoms with Gasteiger partial charge >= 0.3 is 0 Å². The normalized spacial score (nSPS) is 23.2. The van der Waals surface area contributed by atoms with Gasteiger partial charge in [0.2, 0.25) is 0 Å². The topological polar surface area (TPSA) is 75.2 Å². The summed E-state index contributed by atoms with van der Waals surface area (Å²) in [5.74, 6) is 0. The third-order valence-corrected chi connectivity index (χ3v) is 4.13. The van der Waals surface area contributed by atoms with E-state index in [0.29, 0.717) is 19.6 Å². The van der Waals surface area contributed by atoms with E-state index >= 15 is 0 Å². The van der Waals surface area contributed by atoms with Gasteiger partial charge in [-0.15, -0.1) is 0 Å². The molecule has 1 atom stereocenters. The molecule has 0 aliphatic carbocycles. The summed E-state index contributed by atoms with van der Waals surface area (Å²) < 4.78 is 25.6. The number of hydrogen-bond donors (Lipinski definition) is 1. The number of piperazine rings is 1. The molecule has 1 aromatic rings. The lowest BCUT2D eigenvalue weighted by atomic mass is 10.3. The third kappa shape index (κ3) is 2.21. The first-order valence-electron chi connectivity index (χ1n) is 5.11. The van der Waals surface area contributed by atoms with Crippen molar-refractivity contribution in [3.8, 4) is 0 Å². The molecule has 0 aromatic carbocycles. The fourth-order valence-electron chi connectivity index (χ4n) is 1.65. The molecule has 1 aromatic heterocycles. The number of sulfonamides is 1. The molecule has 1 unspecified atom stereocenters. The highest BCUT2D eigenvalue weighted by molar-refractivity contribution is 7.88. The molecule has 2 heterocycles. The predicted octanol–water partition coefficient (Wildman–Crippen LogP) is -0.541. The summed E-state index contributed by atoms with van der Waals surface area (Å²) in [6, 6.07) is 1.76. The maximum Gasteiger partial charge on any atom is 0.278 e. The monoisotopic (exact) mass is 242 g/mol. The zero-order chi connectivity index (χ0) is 11.6. The number of nitrogens with zero attached hydrogens (tertiary/aromatic N) is 3. The molecule has 7 heteroatoms. The van der Waals surface area contributed by atoms with Crippen LogP contribution in [-0.2, 0) is 10.0 Å². The SMILES string of the molecule is CC1CN(S(=O)(=O)c2ncccn2)CCN1. The molecule has 1 N–H and O–H groups in total. The Balaban J connectivity index is 2.26. The first kappa shape index (κ1) is 11.4. The van der Waals surface area contributed by atoms with Crippen molar-refractivity contribution in [1.29, 1.82) is 0 Å². The molecular formula is C9H14N4O2S. The van der Waals surface area contributed by atoms with Gasteiger partial charge < -0.3 is 5.32 Å². The van der Waals surface area contributed by atoms with Crippen molar-refractivity contribution < 1.29 is 8.42 Å². The molecule has 2 rings (SSSR count). The van der Waals surface area contributed by atoms with E-state index in [0.717, 1.165) is 0 Å². The van der Waals surface area contributed by atoms with Crippen LogP contribution in [0.3, 0.4) is 0 Å². The van der Waals surface area contributed by atoms with Crippen LogP contribution in [-0.4, -0.2) is 48.4 Å². The molecule has 16 heavy (non-hydrogen) atoms. The number of aromatic nitrogens is 2. The molecule has 88 valence electrons. The van der Waals surface area contributed by atoms with Crippen molar-refractivity contribution in [2.75, 3.05) is 19.6 Å². The predicted molar refractivity (Wildman–Crippen MR) is 58.3 cm³/mol. The summed E-state index contributed by atoms with van der Waals surface area (Å²) >= 11 is 0. The highest BCUT2D eigenvalue weighted by Crippen LogP contribution is 2.12. The summed E-state index contributed by atoms with van der Waals surface area (Å²) in [4.78, 5) is 7.58. The molecule has 0 saturated carbocycles. The molecule has 1 fully saturated rings. The Bertz CT molecular complexity index is 448. The molecule has 0 bridgehead atoms. The standard InChI is InChI=1S/C9H14N4O2S/c1-8-7-13(6-5-10-8)16(14,15)9-11-3-2-4-12-9/h2-4,8,10H,5-7H2,1H3. The lowest BCUT2D eigenvalue weighted by Crippen LogP contribution is -2.51. The lowest BCUT2D eigenvalue weighted by molar-refractivity contribution is 0.308. The highest BCUT2D eigenvalue weighted by atomic mass is 32.2. The van der Waals surface area contributed by atoms with Gasteiger partial charge in [0, 0.05) is 38.1 Å². The lowest BCUT2D eigenvalue weighted by Gasteiger charge is -2.30. The first-order chi connectivity index (χ1) is 7.60. The second-order valence-corrected chi connectivity index (χ2v) is 5.58. The average Bonchev–Trinajstić information content (AvgIpc) is 2.30. The van der Waals surface area contributed by atoms with Gasteiger partial charge in [0.25, 0.3) is 15.2 Å². The van der Waals surface area contributed by atoms with Gasteiger partial charge in [-0.3, -0.25) is 0 Å². The number of hydrogen-bond acceptors (Lipinski definition) is 5. The third-order valence-electron chi connectivity index (χ3n) is 2.44. The Kier molecular flexibility index (Phi) is 3.17. The highest BCUT2D eigenvalue weighted by Gasteiger charge is 2.30. The molecule has 1 aliphatic rings. The van der Waals surface area contributed by atoms with Gasteiger partial charge in [0.15, 0.2) is 0 Å². The smallest absolute Gasteiger partial charge is 0.278 e. The van der Waals surface area contributed by atoms with Crippen LogP contribution in [0.5, 0.6) is 0 Å². The molecular weight excluding hydrogens is 228 g/mol. The maximum atomic E-state index is 12.1.